The first-order chi connectivity index (χ1) is 7.27. The number of aliphatic hydroxyl groups excluding tert-OH is 1. The summed E-state index contributed by atoms with van der Waals surface area (Å²) in [7, 11) is 0. The van der Waals surface area contributed by atoms with E-state index >= 15 is 0 Å². The summed E-state index contributed by atoms with van der Waals surface area (Å²) in [6.45, 7) is 4.02. The van der Waals surface area contributed by atoms with Gasteiger partial charge in [0, 0.05) is 18.7 Å². The van der Waals surface area contributed by atoms with Crippen molar-refractivity contribution in [3.05, 3.63) is 0 Å². The molecule has 1 heterocycles. The lowest BCUT2D eigenvalue weighted by atomic mass is 9.90. The lowest BCUT2D eigenvalue weighted by molar-refractivity contribution is 0.0797. The maximum Gasteiger partial charge on any atom is 0.0693 e. The Bertz CT molecular complexity index is 192. The molecule has 2 rings (SSSR count). The maximum atomic E-state index is 9.87. The second-order valence-electron chi connectivity index (χ2n) is 5.04. The van der Waals surface area contributed by atoms with Gasteiger partial charge in [-0.15, -0.1) is 0 Å². The first kappa shape index (κ1) is 11.4. The quantitative estimate of drug-likeness (QED) is 0.742. The highest BCUT2D eigenvalue weighted by molar-refractivity contribution is 4.85. The van der Waals surface area contributed by atoms with Crippen LogP contribution in [0.3, 0.4) is 0 Å². The molecule has 2 fully saturated rings. The van der Waals surface area contributed by atoms with Gasteiger partial charge in [-0.05, 0) is 32.1 Å². The van der Waals surface area contributed by atoms with E-state index < -0.39 is 0 Å². The van der Waals surface area contributed by atoms with E-state index in [9.17, 15) is 5.11 Å². The normalized spacial score (nSPS) is 39.2. The molecule has 1 aliphatic heterocycles. The first-order valence-electron chi connectivity index (χ1n) is 6.29. The minimum absolute atomic E-state index is 0.136. The van der Waals surface area contributed by atoms with Crippen molar-refractivity contribution in [2.24, 2.45) is 5.92 Å². The lowest BCUT2D eigenvalue weighted by Crippen LogP contribution is -2.48. The van der Waals surface area contributed by atoms with E-state index in [1.807, 2.05) is 0 Å². The molecule has 1 aliphatic carbocycles. The summed E-state index contributed by atoms with van der Waals surface area (Å²) < 4.78 is 5.39. The van der Waals surface area contributed by atoms with Crippen LogP contribution < -0.4 is 5.32 Å². The Morgan fingerprint density at radius 1 is 1.27 bits per heavy atom. The van der Waals surface area contributed by atoms with Gasteiger partial charge in [0.05, 0.1) is 12.7 Å². The summed E-state index contributed by atoms with van der Waals surface area (Å²) in [5.74, 6) is 0.638. The Morgan fingerprint density at radius 2 is 2.07 bits per heavy atom. The number of ether oxygens (including phenoxy) is 1. The molecule has 0 aromatic carbocycles. The summed E-state index contributed by atoms with van der Waals surface area (Å²) in [5.41, 5.74) is 0. The fourth-order valence-electron chi connectivity index (χ4n) is 2.73. The third-order valence-corrected chi connectivity index (χ3v) is 3.88. The smallest absolute Gasteiger partial charge is 0.0693 e. The lowest BCUT2D eigenvalue weighted by Gasteiger charge is -2.32. The van der Waals surface area contributed by atoms with Gasteiger partial charge in [0.2, 0.25) is 0 Å². The molecule has 88 valence electrons. The summed E-state index contributed by atoms with van der Waals surface area (Å²) in [4.78, 5) is 0. The van der Waals surface area contributed by atoms with Gasteiger partial charge in [0.25, 0.3) is 0 Å². The highest BCUT2D eigenvalue weighted by Gasteiger charge is 2.28. The average Bonchev–Trinajstić information content (AvgIpc) is 2.74. The van der Waals surface area contributed by atoms with Crippen molar-refractivity contribution in [1.29, 1.82) is 0 Å². The van der Waals surface area contributed by atoms with E-state index in [-0.39, 0.29) is 6.10 Å². The Hall–Kier alpha value is -0.120. The van der Waals surface area contributed by atoms with Crippen LogP contribution in [0.25, 0.3) is 0 Å². The molecule has 1 saturated heterocycles. The zero-order valence-corrected chi connectivity index (χ0v) is 9.61. The molecule has 2 aliphatic rings. The molecule has 3 nitrogen and oxygen atoms in total. The minimum atomic E-state index is -0.136. The van der Waals surface area contributed by atoms with E-state index in [0.717, 1.165) is 32.5 Å². The molecular weight excluding hydrogens is 190 g/mol. The molecule has 2 N–H and O–H groups in total. The van der Waals surface area contributed by atoms with E-state index in [0.29, 0.717) is 18.0 Å². The van der Waals surface area contributed by atoms with Gasteiger partial charge >= 0.3 is 0 Å². The number of hydrogen-bond donors (Lipinski definition) is 2. The van der Waals surface area contributed by atoms with Gasteiger partial charge in [0.15, 0.2) is 0 Å². The van der Waals surface area contributed by atoms with Gasteiger partial charge in [-0.1, -0.05) is 12.8 Å². The van der Waals surface area contributed by atoms with Crippen LogP contribution >= 0.6 is 0 Å². The third-order valence-electron chi connectivity index (χ3n) is 3.88. The summed E-state index contributed by atoms with van der Waals surface area (Å²) >= 11 is 0. The van der Waals surface area contributed by atoms with Crippen LogP contribution in [0, 0.1) is 5.92 Å². The molecule has 0 amide bonds. The average molecular weight is 213 g/mol. The largest absolute Gasteiger partial charge is 0.392 e. The topological polar surface area (TPSA) is 41.5 Å². The monoisotopic (exact) mass is 213 g/mol. The van der Waals surface area contributed by atoms with Gasteiger partial charge in [-0.25, -0.2) is 0 Å². The molecule has 1 saturated carbocycles. The fourth-order valence-corrected chi connectivity index (χ4v) is 2.73. The van der Waals surface area contributed by atoms with Crippen LogP contribution in [0.1, 0.15) is 39.0 Å². The van der Waals surface area contributed by atoms with E-state index in [4.69, 9.17) is 4.74 Å². The predicted molar refractivity (Wildman–Crippen MR) is 59.8 cm³/mol. The van der Waals surface area contributed by atoms with Gasteiger partial charge in [-0.2, -0.15) is 0 Å². The molecule has 4 atom stereocenters. The molecule has 0 bridgehead atoms. The second-order valence-corrected chi connectivity index (χ2v) is 5.04. The Balaban J connectivity index is 1.78. The molecule has 3 heteroatoms. The van der Waals surface area contributed by atoms with Gasteiger partial charge in [-0.3, -0.25) is 0 Å². The number of rotatable bonds is 3. The van der Waals surface area contributed by atoms with E-state index in [1.54, 1.807) is 0 Å². The molecular formula is C12H23NO2. The standard InChI is InChI=1S/C12H23NO2/c1-9(10-6-7-15-8-10)13-11-4-2-3-5-12(11)14/h9-14H,2-8H2,1H3/t9?,10?,11-,12-/m1/s1. The van der Waals surface area contributed by atoms with Crippen LogP contribution in [0.15, 0.2) is 0 Å². The number of hydrogen-bond acceptors (Lipinski definition) is 3. The SMILES string of the molecule is CC(N[C@@H]1CCCC[C@H]1O)C1CCOC1. The van der Waals surface area contributed by atoms with Crippen LogP contribution in [-0.2, 0) is 4.74 Å². The third kappa shape index (κ3) is 2.92. The Labute approximate surface area is 92.2 Å². The first-order valence-corrected chi connectivity index (χ1v) is 6.29. The van der Waals surface area contributed by atoms with E-state index in [2.05, 4.69) is 12.2 Å². The summed E-state index contributed by atoms with van der Waals surface area (Å²) in [5, 5.41) is 13.4. The van der Waals surface area contributed by atoms with Crippen molar-refractivity contribution in [3.63, 3.8) is 0 Å². The molecule has 15 heavy (non-hydrogen) atoms. The highest BCUT2D eigenvalue weighted by atomic mass is 16.5. The van der Waals surface area contributed by atoms with E-state index in [1.165, 1.54) is 12.8 Å². The minimum Gasteiger partial charge on any atom is -0.392 e. The van der Waals surface area contributed by atoms with Crippen molar-refractivity contribution in [3.8, 4) is 0 Å². The molecule has 2 unspecified atom stereocenters. The molecule has 0 aromatic rings. The zero-order chi connectivity index (χ0) is 10.7. The van der Waals surface area contributed by atoms with Crippen LogP contribution in [0.5, 0.6) is 0 Å². The number of nitrogens with one attached hydrogen (secondary N) is 1. The van der Waals surface area contributed by atoms with Crippen molar-refractivity contribution in [2.45, 2.75) is 57.2 Å². The predicted octanol–water partition coefficient (Wildman–Crippen LogP) is 1.30. The van der Waals surface area contributed by atoms with Crippen LogP contribution in [0.2, 0.25) is 0 Å². The van der Waals surface area contributed by atoms with Crippen LogP contribution in [-0.4, -0.2) is 36.5 Å². The van der Waals surface area contributed by atoms with Crippen LogP contribution in [0.4, 0.5) is 0 Å². The van der Waals surface area contributed by atoms with Crippen molar-refractivity contribution < 1.29 is 9.84 Å². The van der Waals surface area contributed by atoms with Gasteiger partial charge < -0.3 is 15.2 Å². The zero-order valence-electron chi connectivity index (χ0n) is 9.61. The van der Waals surface area contributed by atoms with Crippen molar-refractivity contribution >= 4 is 0 Å². The molecule has 0 aromatic heterocycles. The number of aliphatic hydroxyl groups is 1. The second kappa shape index (κ2) is 5.28. The Kier molecular flexibility index (Phi) is 4.00. The van der Waals surface area contributed by atoms with Crippen molar-refractivity contribution in [1.82, 2.24) is 5.32 Å². The maximum absolute atomic E-state index is 9.87. The van der Waals surface area contributed by atoms with Gasteiger partial charge in [0.1, 0.15) is 0 Å². The Morgan fingerprint density at radius 3 is 2.73 bits per heavy atom. The molecule has 0 radical (unpaired) electrons. The molecule has 0 spiro atoms. The summed E-state index contributed by atoms with van der Waals surface area (Å²) in [6, 6.07) is 0.791. The highest BCUT2D eigenvalue weighted by Crippen LogP contribution is 2.22. The van der Waals surface area contributed by atoms with Crippen molar-refractivity contribution in [2.75, 3.05) is 13.2 Å². The fraction of sp³-hybridized carbons (Fsp3) is 1.00. The summed E-state index contributed by atoms with van der Waals surface area (Å²) in [6.07, 6.45) is 5.55.